The van der Waals surface area contributed by atoms with Gasteiger partial charge in [-0.3, -0.25) is 4.79 Å². The van der Waals surface area contributed by atoms with E-state index < -0.39 is 18.5 Å². The quantitative estimate of drug-likeness (QED) is 0.547. The Morgan fingerprint density at radius 3 is 2.59 bits per heavy atom. The second-order valence-electron chi connectivity index (χ2n) is 5.20. The fourth-order valence-corrected chi connectivity index (χ4v) is 2.45. The van der Waals surface area contributed by atoms with Gasteiger partial charge in [-0.1, -0.05) is 35.3 Å². The van der Waals surface area contributed by atoms with E-state index in [1.807, 2.05) is 0 Å². The Kier molecular flexibility index (Phi) is 7.52. The first kappa shape index (κ1) is 20.6. The summed E-state index contributed by atoms with van der Waals surface area (Å²) in [5.41, 5.74) is 0.995. The zero-order valence-corrected chi connectivity index (χ0v) is 16.1. The minimum atomic E-state index is -0.692. The molecule has 0 aliphatic heterocycles. The van der Waals surface area contributed by atoms with Gasteiger partial charge in [0.25, 0.3) is 5.91 Å². The van der Waals surface area contributed by atoms with Crippen LogP contribution in [0.4, 0.5) is 5.69 Å². The van der Waals surface area contributed by atoms with Gasteiger partial charge < -0.3 is 19.5 Å². The third kappa shape index (κ3) is 5.91. The normalized spacial score (nSPS) is 10.5. The molecule has 0 atom stereocenters. The number of carbonyl (C=O) groups excluding carboxylic acids is 2. The lowest BCUT2D eigenvalue weighted by Gasteiger charge is -2.11. The average Bonchev–Trinajstić information content (AvgIpc) is 2.67. The minimum absolute atomic E-state index is 0.326. The molecule has 6 nitrogen and oxygen atoms in total. The lowest BCUT2D eigenvalue weighted by molar-refractivity contribution is -0.142. The van der Waals surface area contributed by atoms with Gasteiger partial charge >= 0.3 is 5.97 Å². The average molecular weight is 410 g/mol. The van der Waals surface area contributed by atoms with E-state index in [-0.39, 0.29) is 0 Å². The van der Waals surface area contributed by atoms with E-state index in [0.29, 0.717) is 32.8 Å². The maximum absolute atomic E-state index is 12.0. The highest BCUT2D eigenvalue weighted by Crippen LogP contribution is 2.29. The highest BCUT2D eigenvalue weighted by molar-refractivity contribution is 6.42. The van der Waals surface area contributed by atoms with E-state index >= 15 is 0 Å². The molecule has 2 aromatic rings. The number of anilines is 1. The van der Waals surface area contributed by atoms with Crippen molar-refractivity contribution in [3.8, 4) is 11.5 Å². The Labute approximate surface area is 166 Å². The first-order valence-corrected chi connectivity index (χ1v) is 8.51. The number of carbonyl (C=O) groups is 2. The summed E-state index contributed by atoms with van der Waals surface area (Å²) in [6.07, 6.45) is 2.62. The standard InChI is InChI=1S/C19H17Cl2NO5/c1-25-13-7-8-15(16(10-13)26-2)22-17(23)11-27-18(24)9-6-12-4-3-5-14(20)19(12)21/h3-10H,11H2,1-2H3,(H,22,23)/b9-6+. The number of methoxy groups -OCH3 is 2. The van der Waals surface area contributed by atoms with Crippen molar-refractivity contribution in [3.05, 3.63) is 58.1 Å². The predicted octanol–water partition coefficient (Wildman–Crippen LogP) is 4.21. The number of ether oxygens (including phenoxy) is 3. The molecular weight excluding hydrogens is 393 g/mol. The molecule has 0 aliphatic rings. The number of halogens is 2. The van der Waals surface area contributed by atoms with Crippen LogP contribution >= 0.6 is 23.2 Å². The van der Waals surface area contributed by atoms with Gasteiger partial charge in [-0.15, -0.1) is 0 Å². The maximum atomic E-state index is 12.0. The Morgan fingerprint density at radius 2 is 1.89 bits per heavy atom. The number of benzene rings is 2. The van der Waals surface area contributed by atoms with Crippen molar-refractivity contribution < 1.29 is 23.8 Å². The molecule has 1 amide bonds. The number of hydrogen-bond acceptors (Lipinski definition) is 5. The zero-order chi connectivity index (χ0) is 19.8. The van der Waals surface area contributed by atoms with Crippen LogP contribution in [0, 0.1) is 0 Å². The molecule has 27 heavy (non-hydrogen) atoms. The van der Waals surface area contributed by atoms with Crippen molar-refractivity contribution in [1.29, 1.82) is 0 Å². The van der Waals surface area contributed by atoms with E-state index in [1.54, 1.807) is 36.4 Å². The molecule has 142 valence electrons. The van der Waals surface area contributed by atoms with Crippen LogP contribution in [0.25, 0.3) is 6.08 Å². The molecular formula is C19H17Cl2NO5. The molecule has 0 spiro atoms. The summed E-state index contributed by atoms with van der Waals surface area (Å²) in [6, 6.07) is 9.95. The minimum Gasteiger partial charge on any atom is -0.497 e. The largest absolute Gasteiger partial charge is 0.497 e. The van der Waals surface area contributed by atoms with Crippen molar-refractivity contribution >= 4 is 46.8 Å². The predicted molar refractivity (Wildman–Crippen MR) is 105 cm³/mol. The summed E-state index contributed by atoms with van der Waals surface area (Å²) >= 11 is 11.9. The van der Waals surface area contributed by atoms with Crippen molar-refractivity contribution in [2.75, 3.05) is 26.1 Å². The molecule has 2 aromatic carbocycles. The molecule has 0 saturated carbocycles. The van der Waals surface area contributed by atoms with Crippen LogP contribution in [-0.4, -0.2) is 32.7 Å². The van der Waals surface area contributed by atoms with Crippen LogP contribution in [0.3, 0.4) is 0 Å². The fraction of sp³-hybridized carbons (Fsp3) is 0.158. The van der Waals surface area contributed by atoms with Crippen LogP contribution in [-0.2, 0) is 14.3 Å². The summed E-state index contributed by atoms with van der Waals surface area (Å²) in [5, 5.41) is 3.30. The first-order chi connectivity index (χ1) is 12.9. The van der Waals surface area contributed by atoms with Crippen molar-refractivity contribution in [2.24, 2.45) is 0 Å². The lowest BCUT2D eigenvalue weighted by Crippen LogP contribution is -2.20. The van der Waals surface area contributed by atoms with E-state index in [2.05, 4.69) is 5.32 Å². The SMILES string of the molecule is COc1ccc(NC(=O)COC(=O)/C=C/c2cccc(Cl)c2Cl)c(OC)c1. The van der Waals surface area contributed by atoms with Gasteiger partial charge in [0, 0.05) is 12.1 Å². The summed E-state index contributed by atoms with van der Waals surface area (Å²) < 4.78 is 15.2. The van der Waals surface area contributed by atoms with Crippen LogP contribution in [0.15, 0.2) is 42.5 Å². The van der Waals surface area contributed by atoms with Gasteiger partial charge in [0.15, 0.2) is 6.61 Å². The van der Waals surface area contributed by atoms with E-state index in [4.69, 9.17) is 37.4 Å². The highest BCUT2D eigenvalue weighted by Gasteiger charge is 2.11. The van der Waals surface area contributed by atoms with Crippen LogP contribution in [0.2, 0.25) is 10.0 Å². The second kappa shape index (κ2) is 9.85. The summed E-state index contributed by atoms with van der Waals surface area (Å²) in [7, 11) is 2.99. The van der Waals surface area contributed by atoms with Crippen molar-refractivity contribution in [1.82, 2.24) is 0 Å². The number of hydrogen-bond donors (Lipinski definition) is 1. The van der Waals surface area contributed by atoms with E-state index in [1.165, 1.54) is 26.4 Å². The van der Waals surface area contributed by atoms with Crippen LogP contribution in [0.5, 0.6) is 11.5 Å². The number of rotatable bonds is 7. The van der Waals surface area contributed by atoms with Crippen molar-refractivity contribution in [2.45, 2.75) is 0 Å². The fourth-order valence-electron chi connectivity index (χ4n) is 2.08. The third-order valence-corrected chi connectivity index (χ3v) is 4.24. The molecule has 8 heteroatoms. The van der Waals surface area contributed by atoms with Crippen molar-refractivity contribution in [3.63, 3.8) is 0 Å². The van der Waals surface area contributed by atoms with Gasteiger partial charge in [-0.25, -0.2) is 4.79 Å². The Bertz CT molecular complexity index is 867. The molecule has 0 bridgehead atoms. The molecule has 2 rings (SSSR count). The monoisotopic (exact) mass is 409 g/mol. The van der Waals surface area contributed by atoms with Gasteiger partial charge in [0.05, 0.1) is 30.0 Å². The maximum Gasteiger partial charge on any atom is 0.331 e. The van der Waals surface area contributed by atoms with Gasteiger partial charge in [-0.2, -0.15) is 0 Å². The molecule has 0 radical (unpaired) electrons. The number of nitrogens with one attached hydrogen (secondary N) is 1. The lowest BCUT2D eigenvalue weighted by atomic mass is 10.2. The van der Waals surface area contributed by atoms with Crippen LogP contribution in [0.1, 0.15) is 5.56 Å². The molecule has 0 saturated heterocycles. The molecule has 0 aromatic heterocycles. The first-order valence-electron chi connectivity index (χ1n) is 7.75. The molecule has 0 heterocycles. The smallest absolute Gasteiger partial charge is 0.331 e. The summed E-state index contributed by atoms with van der Waals surface area (Å²) in [4.78, 5) is 23.7. The number of amides is 1. The third-order valence-electron chi connectivity index (χ3n) is 3.41. The highest BCUT2D eigenvalue weighted by atomic mass is 35.5. The Morgan fingerprint density at radius 1 is 1.11 bits per heavy atom. The molecule has 0 aliphatic carbocycles. The topological polar surface area (TPSA) is 73.9 Å². The molecule has 1 N–H and O–H groups in total. The second-order valence-corrected chi connectivity index (χ2v) is 5.98. The van der Waals surface area contributed by atoms with Gasteiger partial charge in [0.1, 0.15) is 11.5 Å². The van der Waals surface area contributed by atoms with E-state index in [0.717, 1.165) is 0 Å². The summed E-state index contributed by atoms with van der Waals surface area (Å²) in [5.74, 6) is -0.200. The van der Waals surface area contributed by atoms with Crippen LogP contribution < -0.4 is 14.8 Å². The van der Waals surface area contributed by atoms with Gasteiger partial charge in [-0.05, 0) is 29.8 Å². The Balaban J connectivity index is 1.91. The molecule has 0 unspecified atom stereocenters. The molecule has 0 fully saturated rings. The Hall–Kier alpha value is -2.70. The van der Waals surface area contributed by atoms with E-state index in [9.17, 15) is 9.59 Å². The zero-order valence-electron chi connectivity index (χ0n) is 14.6. The summed E-state index contributed by atoms with van der Waals surface area (Å²) in [6.45, 7) is -0.457. The van der Waals surface area contributed by atoms with Gasteiger partial charge in [0.2, 0.25) is 0 Å². The number of esters is 1.